The summed E-state index contributed by atoms with van der Waals surface area (Å²) in [7, 11) is 0. The lowest BCUT2D eigenvalue weighted by molar-refractivity contribution is 0.168. The Bertz CT molecular complexity index is 346. The molecule has 1 aliphatic carbocycles. The Labute approximate surface area is 134 Å². The molecule has 2 aliphatic rings. The first-order valence-electron chi connectivity index (χ1n) is 8.80. The molecule has 0 atom stereocenters. The fourth-order valence-corrected chi connectivity index (χ4v) is 3.39. The van der Waals surface area contributed by atoms with E-state index in [2.05, 4.69) is 22.4 Å². The van der Waals surface area contributed by atoms with Gasteiger partial charge in [0.1, 0.15) is 0 Å². The maximum atomic E-state index is 12.2. The second kappa shape index (κ2) is 9.85. The van der Waals surface area contributed by atoms with Gasteiger partial charge in [-0.15, -0.1) is 0 Å². The standard InChI is InChI=1S/C17H31N3O2/c21-15-14-20(12-8-16-6-2-1-3-7-16)17(22)18-9-13-19-10-4-5-11-19/h4-5,16,21H,1-3,6-15H2,(H,18,22). The van der Waals surface area contributed by atoms with Crippen LogP contribution in [0.2, 0.25) is 0 Å². The number of hydrogen-bond donors (Lipinski definition) is 2. The zero-order valence-corrected chi connectivity index (χ0v) is 13.7. The predicted molar refractivity (Wildman–Crippen MR) is 88.8 cm³/mol. The summed E-state index contributed by atoms with van der Waals surface area (Å²) < 4.78 is 0. The molecule has 2 rings (SSSR count). The molecule has 1 saturated carbocycles. The van der Waals surface area contributed by atoms with Crippen LogP contribution >= 0.6 is 0 Å². The molecule has 2 amide bonds. The first-order valence-corrected chi connectivity index (χ1v) is 8.80. The van der Waals surface area contributed by atoms with Gasteiger partial charge in [0, 0.05) is 39.3 Å². The van der Waals surface area contributed by atoms with Crippen molar-refractivity contribution in [3.63, 3.8) is 0 Å². The molecule has 22 heavy (non-hydrogen) atoms. The van der Waals surface area contributed by atoms with E-state index < -0.39 is 0 Å². The average Bonchev–Trinajstić information content (AvgIpc) is 3.05. The van der Waals surface area contributed by atoms with E-state index >= 15 is 0 Å². The van der Waals surface area contributed by atoms with Crippen molar-refractivity contribution in [2.24, 2.45) is 5.92 Å². The van der Waals surface area contributed by atoms with Gasteiger partial charge in [0.2, 0.25) is 0 Å². The van der Waals surface area contributed by atoms with Gasteiger partial charge < -0.3 is 15.3 Å². The van der Waals surface area contributed by atoms with Crippen LogP contribution in [0.15, 0.2) is 12.2 Å². The van der Waals surface area contributed by atoms with E-state index in [1.807, 2.05) is 0 Å². The van der Waals surface area contributed by atoms with E-state index in [1.54, 1.807) is 4.90 Å². The molecule has 2 N–H and O–H groups in total. The van der Waals surface area contributed by atoms with Gasteiger partial charge in [-0.2, -0.15) is 0 Å². The quantitative estimate of drug-likeness (QED) is 0.673. The van der Waals surface area contributed by atoms with Crippen molar-refractivity contribution in [1.82, 2.24) is 15.1 Å². The highest BCUT2D eigenvalue weighted by atomic mass is 16.3. The smallest absolute Gasteiger partial charge is 0.317 e. The number of nitrogens with zero attached hydrogens (tertiary/aromatic N) is 2. The van der Waals surface area contributed by atoms with E-state index in [0.29, 0.717) is 13.1 Å². The highest BCUT2D eigenvalue weighted by molar-refractivity contribution is 5.74. The summed E-state index contributed by atoms with van der Waals surface area (Å²) in [5.74, 6) is 0.762. The lowest BCUT2D eigenvalue weighted by atomic mass is 9.87. The van der Waals surface area contributed by atoms with Gasteiger partial charge in [0.15, 0.2) is 0 Å². The van der Waals surface area contributed by atoms with Crippen molar-refractivity contribution in [3.8, 4) is 0 Å². The Hall–Kier alpha value is -1.07. The van der Waals surface area contributed by atoms with Gasteiger partial charge >= 0.3 is 6.03 Å². The normalized spacial score (nSPS) is 19.5. The van der Waals surface area contributed by atoms with Crippen molar-refractivity contribution in [2.75, 3.05) is 45.9 Å². The number of carbonyl (C=O) groups excluding carboxylic acids is 1. The summed E-state index contributed by atoms with van der Waals surface area (Å²) in [6.07, 6.45) is 12.0. The number of aliphatic hydroxyl groups excluding tert-OH is 1. The molecule has 5 heteroatoms. The maximum Gasteiger partial charge on any atom is 0.317 e. The summed E-state index contributed by atoms with van der Waals surface area (Å²) in [6.45, 7) is 4.76. The third kappa shape index (κ3) is 5.97. The largest absolute Gasteiger partial charge is 0.395 e. The predicted octanol–water partition coefficient (Wildman–Crippen LogP) is 1.83. The van der Waals surface area contributed by atoms with Crippen LogP contribution in [0.25, 0.3) is 0 Å². The molecule has 0 aromatic carbocycles. The van der Waals surface area contributed by atoms with Crippen LogP contribution in [0.1, 0.15) is 38.5 Å². The molecule has 1 aliphatic heterocycles. The number of carbonyl (C=O) groups is 1. The number of nitrogens with one attached hydrogen (secondary N) is 1. The fourth-order valence-electron chi connectivity index (χ4n) is 3.39. The summed E-state index contributed by atoms with van der Waals surface area (Å²) in [5.41, 5.74) is 0. The van der Waals surface area contributed by atoms with Gasteiger partial charge in [-0.05, 0) is 12.3 Å². The van der Waals surface area contributed by atoms with Gasteiger partial charge in [-0.3, -0.25) is 4.90 Å². The highest BCUT2D eigenvalue weighted by Gasteiger charge is 2.18. The minimum absolute atomic E-state index is 0.0305. The molecule has 0 radical (unpaired) electrons. The van der Waals surface area contributed by atoms with Crippen LogP contribution in [0.5, 0.6) is 0 Å². The van der Waals surface area contributed by atoms with Crippen LogP contribution in [-0.4, -0.2) is 66.8 Å². The van der Waals surface area contributed by atoms with E-state index in [-0.39, 0.29) is 12.6 Å². The Morgan fingerprint density at radius 2 is 1.91 bits per heavy atom. The minimum Gasteiger partial charge on any atom is -0.395 e. The summed E-state index contributed by atoms with van der Waals surface area (Å²) in [5, 5.41) is 12.2. The van der Waals surface area contributed by atoms with Crippen molar-refractivity contribution >= 4 is 6.03 Å². The molecule has 0 saturated heterocycles. The zero-order chi connectivity index (χ0) is 15.6. The monoisotopic (exact) mass is 309 g/mol. The molecule has 5 nitrogen and oxygen atoms in total. The third-order valence-electron chi connectivity index (χ3n) is 4.79. The lowest BCUT2D eigenvalue weighted by Crippen LogP contribution is -2.44. The molecule has 1 heterocycles. The second-order valence-corrected chi connectivity index (χ2v) is 6.47. The van der Waals surface area contributed by atoms with Crippen LogP contribution in [0.3, 0.4) is 0 Å². The molecule has 0 spiro atoms. The SMILES string of the molecule is O=C(NCCN1CC=CC1)N(CCO)CCC1CCCCC1. The van der Waals surface area contributed by atoms with Gasteiger partial charge in [-0.25, -0.2) is 4.79 Å². The van der Waals surface area contributed by atoms with E-state index in [9.17, 15) is 9.90 Å². The first kappa shape index (κ1) is 17.3. The Morgan fingerprint density at radius 1 is 1.18 bits per heavy atom. The molecule has 1 fully saturated rings. The summed E-state index contributed by atoms with van der Waals surface area (Å²) in [4.78, 5) is 16.3. The maximum absolute atomic E-state index is 12.2. The van der Waals surface area contributed by atoms with Crippen LogP contribution in [0, 0.1) is 5.92 Å². The Balaban J connectivity index is 1.65. The number of aliphatic hydroxyl groups is 1. The lowest BCUT2D eigenvalue weighted by Gasteiger charge is -2.27. The average molecular weight is 309 g/mol. The van der Waals surface area contributed by atoms with E-state index in [1.165, 1.54) is 32.1 Å². The number of urea groups is 1. The third-order valence-corrected chi connectivity index (χ3v) is 4.79. The Morgan fingerprint density at radius 3 is 2.59 bits per heavy atom. The van der Waals surface area contributed by atoms with Crippen molar-refractivity contribution in [3.05, 3.63) is 12.2 Å². The number of hydrogen-bond acceptors (Lipinski definition) is 3. The zero-order valence-electron chi connectivity index (χ0n) is 13.7. The molecule has 0 unspecified atom stereocenters. The van der Waals surface area contributed by atoms with Crippen LogP contribution in [0.4, 0.5) is 4.79 Å². The second-order valence-electron chi connectivity index (χ2n) is 6.47. The molecule has 0 bridgehead atoms. The van der Waals surface area contributed by atoms with Gasteiger partial charge in [0.05, 0.1) is 6.61 Å². The summed E-state index contributed by atoms with van der Waals surface area (Å²) in [6, 6.07) is -0.0305. The number of rotatable bonds is 8. The molecular weight excluding hydrogens is 278 g/mol. The number of amides is 2. The van der Waals surface area contributed by atoms with E-state index in [4.69, 9.17) is 0 Å². The van der Waals surface area contributed by atoms with Crippen molar-refractivity contribution < 1.29 is 9.90 Å². The van der Waals surface area contributed by atoms with Crippen LogP contribution < -0.4 is 5.32 Å². The first-order chi connectivity index (χ1) is 10.8. The van der Waals surface area contributed by atoms with Crippen molar-refractivity contribution in [1.29, 1.82) is 0 Å². The van der Waals surface area contributed by atoms with Crippen molar-refractivity contribution in [2.45, 2.75) is 38.5 Å². The highest BCUT2D eigenvalue weighted by Crippen LogP contribution is 2.26. The molecule has 0 aromatic rings. The van der Waals surface area contributed by atoms with Gasteiger partial charge in [0.25, 0.3) is 0 Å². The summed E-state index contributed by atoms with van der Waals surface area (Å²) >= 11 is 0. The minimum atomic E-state index is -0.0305. The molecular formula is C17H31N3O2. The topological polar surface area (TPSA) is 55.8 Å². The molecule has 126 valence electrons. The van der Waals surface area contributed by atoms with E-state index in [0.717, 1.165) is 38.5 Å². The fraction of sp³-hybridized carbons (Fsp3) is 0.824. The molecule has 0 aromatic heterocycles. The van der Waals surface area contributed by atoms with Gasteiger partial charge in [-0.1, -0.05) is 44.3 Å². The van der Waals surface area contributed by atoms with Crippen LogP contribution in [-0.2, 0) is 0 Å². The Kier molecular flexibility index (Phi) is 7.74.